The van der Waals surface area contributed by atoms with Crippen LogP contribution in [0, 0.1) is 0 Å². The molecule has 0 aliphatic carbocycles. The average Bonchev–Trinajstić information content (AvgIpc) is 2.53. The number of anilines is 1. The van der Waals surface area contributed by atoms with Crippen LogP contribution >= 0.6 is 27.5 Å². The molecule has 2 fully saturated rings. The first-order valence-electron chi connectivity index (χ1n) is 6.14. The van der Waals surface area contributed by atoms with Gasteiger partial charge in [0.15, 0.2) is 0 Å². The van der Waals surface area contributed by atoms with Gasteiger partial charge in [-0.05, 0) is 43.9 Å². The molecule has 4 heteroatoms. The molecule has 17 heavy (non-hydrogen) atoms. The van der Waals surface area contributed by atoms with Crippen LogP contribution in [0.25, 0.3) is 0 Å². The first kappa shape index (κ1) is 11.8. The van der Waals surface area contributed by atoms with Crippen LogP contribution < -0.4 is 10.6 Å². The monoisotopic (exact) mass is 314 g/mol. The zero-order valence-corrected chi connectivity index (χ0v) is 11.9. The third kappa shape index (κ3) is 2.09. The summed E-state index contributed by atoms with van der Waals surface area (Å²) in [6.45, 7) is 0. The zero-order valence-electron chi connectivity index (χ0n) is 9.57. The highest BCUT2D eigenvalue weighted by atomic mass is 79.9. The number of nitrogens with two attached hydrogens (primary N) is 1. The number of hydrogen-bond acceptors (Lipinski definition) is 2. The van der Waals surface area contributed by atoms with Gasteiger partial charge in [0, 0.05) is 22.6 Å². The Balaban J connectivity index is 1.94. The quantitative estimate of drug-likeness (QED) is 0.858. The van der Waals surface area contributed by atoms with Crippen LogP contribution in [0.15, 0.2) is 22.7 Å². The Kier molecular flexibility index (Phi) is 3.09. The molecule has 0 radical (unpaired) electrons. The number of halogens is 2. The maximum atomic E-state index is 6.35. The predicted octanol–water partition coefficient (Wildman–Crippen LogP) is 3.56. The van der Waals surface area contributed by atoms with Crippen molar-refractivity contribution < 1.29 is 0 Å². The normalized spacial score (nSPS) is 31.9. The molecule has 3 rings (SSSR count). The molecule has 2 saturated heterocycles. The third-order valence-corrected chi connectivity index (χ3v) is 4.75. The van der Waals surface area contributed by atoms with E-state index in [2.05, 4.69) is 33.0 Å². The van der Waals surface area contributed by atoms with Crippen molar-refractivity contribution in [3.8, 4) is 0 Å². The van der Waals surface area contributed by atoms with E-state index in [0.717, 1.165) is 22.3 Å². The summed E-state index contributed by atoms with van der Waals surface area (Å²) < 4.78 is 1.03. The van der Waals surface area contributed by atoms with Crippen LogP contribution in [-0.2, 0) is 0 Å². The molecule has 0 spiro atoms. The van der Waals surface area contributed by atoms with Crippen molar-refractivity contribution in [1.82, 2.24) is 0 Å². The molecular weight excluding hydrogens is 300 g/mol. The minimum absolute atomic E-state index is 0.373. The first-order chi connectivity index (χ1) is 8.15. The lowest BCUT2D eigenvalue weighted by atomic mass is 9.97. The Morgan fingerprint density at radius 2 is 1.88 bits per heavy atom. The van der Waals surface area contributed by atoms with Crippen LogP contribution in [0.1, 0.15) is 25.7 Å². The molecule has 2 heterocycles. The smallest absolute Gasteiger partial charge is 0.0650 e. The van der Waals surface area contributed by atoms with Gasteiger partial charge in [0.1, 0.15) is 0 Å². The largest absolute Gasteiger partial charge is 0.364 e. The summed E-state index contributed by atoms with van der Waals surface area (Å²) in [5.74, 6) is 0. The predicted molar refractivity (Wildman–Crippen MR) is 75.7 cm³/mol. The fourth-order valence-electron chi connectivity index (χ4n) is 3.30. The molecule has 1 aromatic rings. The second-order valence-electron chi connectivity index (χ2n) is 5.12. The second-order valence-corrected chi connectivity index (χ2v) is 6.44. The summed E-state index contributed by atoms with van der Waals surface area (Å²) in [4.78, 5) is 2.50. The Morgan fingerprint density at radius 1 is 1.24 bits per heavy atom. The molecule has 2 unspecified atom stereocenters. The van der Waals surface area contributed by atoms with E-state index in [1.54, 1.807) is 0 Å². The van der Waals surface area contributed by atoms with Gasteiger partial charge in [-0.1, -0.05) is 27.5 Å². The lowest BCUT2D eigenvalue weighted by Gasteiger charge is -2.40. The molecule has 2 nitrogen and oxygen atoms in total. The maximum absolute atomic E-state index is 6.35. The highest BCUT2D eigenvalue weighted by molar-refractivity contribution is 9.10. The average molecular weight is 316 g/mol. The van der Waals surface area contributed by atoms with Crippen LogP contribution in [0.3, 0.4) is 0 Å². The van der Waals surface area contributed by atoms with Crippen LogP contribution in [0.2, 0.25) is 5.02 Å². The highest BCUT2D eigenvalue weighted by Gasteiger charge is 2.40. The number of fused-ring (bicyclic) bond motifs is 2. The van der Waals surface area contributed by atoms with E-state index in [-0.39, 0.29) is 0 Å². The number of hydrogen-bond donors (Lipinski definition) is 1. The second kappa shape index (κ2) is 4.45. The minimum Gasteiger partial charge on any atom is -0.364 e. The van der Waals surface area contributed by atoms with Crippen molar-refractivity contribution >= 4 is 33.2 Å². The minimum atomic E-state index is 0.373. The van der Waals surface area contributed by atoms with Crippen LogP contribution in [-0.4, -0.2) is 18.1 Å². The van der Waals surface area contributed by atoms with Crippen LogP contribution in [0.5, 0.6) is 0 Å². The van der Waals surface area contributed by atoms with E-state index in [1.807, 2.05) is 6.07 Å². The van der Waals surface area contributed by atoms with Crippen molar-refractivity contribution in [2.24, 2.45) is 5.73 Å². The molecule has 2 bridgehead atoms. The molecule has 2 atom stereocenters. The van der Waals surface area contributed by atoms with E-state index < -0.39 is 0 Å². The van der Waals surface area contributed by atoms with E-state index in [1.165, 1.54) is 18.5 Å². The van der Waals surface area contributed by atoms with Crippen molar-refractivity contribution in [2.75, 3.05) is 4.90 Å². The molecular formula is C13H16BrClN2. The summed E-state index contributed by atoms with van der Waals surface area (Å²) in [6, 6.07) is 7.71. The molecule has 2 aliphatic rings. The first-order valence-corrected chi connectivity index (χ1v) is 7.31. The number of nitrogens with zero attached hydrogens (tertiary/aromatic N) is 1. The van der Waals surface area contributed by atoms with E-state index in [0.29, 0.717) is 18.1 Å². The van der Waals surface area contributed by atoms with Gasteiger partial charge in [0.25, 0.3) is 0 Å². The van der Waals surface area contributed by atoms with E-state index in [9.17, 15) is 0 Å². The van der Waals surface area contributed by atoms with Gasteiger partial charge in [0.2, 0.25) is 0 Å². The molecule has 2 N–H and O–H groups in total. The Labute approximate surface area is 115 Å². The Hall–Kier alpha value is -0.250. The molecule has 92 valence electrons. The molecule has 2 aliphatic heterocycles. The van der Waals surface area contributed by atoms with E-state index in [4.69, 9.17) is 17.3 Å². The summed E-state index contributed by atoms with van der Waals surface area (Å²) >= 11 is 9.81. The third-order valence-electron chi connectivity index (χ3n) is 3.96. The highest BCUT2D eigenvalue weighted by Crippen LogP contribution is 2.42. The van der Waals surface area contributed by atoms with Crippen molar-refractivity contribution in [1.29, 1.82) is 0 Å². The van der Waals surface area contributed by atoms with Crippen LogP contribution in [0.4, 0.5) is 5.69 Å². The topological polar surface area (TPSA) is 29.3 Å². The molecule has 0 amide bonds. The number of rotatable bonds is 1. The molecule has 0 saturated carbocycles. The van der Waals surface area contributed by atoms with Gasteiger partial charge in [-0.2, -0.15) is 0 Å². The maximum Gasteiger partial charge on any atom is 0.0650 e. The fourth-order valence-corrected chi connectivity index (χ4v) is 4.07. The fraction of sp³-hybridized carbons (Fsp3) is 0.538. The zero-order chi connectivity index (χ0) is 12.0. The summed E-state index contributed by atoms with van der Waals surface area (Å²) in [5, 5.41) is 0.840. The van der Waals surface area contributed by atoms with Gasteiger partial charge >= 0.3 is 0 Å². The van der Waals surface area contributed by atoms with Gasteiger partial charge < -0.3 is 10.6 Å². The summed E-state index contributed by atoms with van der Waals surface area (Å²) in [5.41, 5.74) is 7.27. The standard InChI is InChI=1S/C13H16BrClN2/c14-8-1-4-13(12(15)5-8)17-10-2-3-11(17)7-9(16)6-10/h1,4-5,9-11H,2-3,6-7,16H2. The van der Waals surface area contributed by atoms with Crippen molar-refractivity contribution in [3.63, 3.8) is 0 Å². The van der Waals surface area contributed by atoms with E-state index >= 15 is 0 Å². The molecule has 0 aromatic heterocycles. The lowest BCUT2D eigenvalue weighted by molar-refractivity contribution is 0.414. The molecule has 1 aromatic carbocycles. The van der Waals surface area contributed by atoms with Gasteiger partial charge in [0.05, 0.1) is 10.7 Å². The SMILES string of the molecule is NC1CC2CCC(C1)N2c1ccc(Br)cc1Cl. The lowest BCUT2D eigenvalue weighted by Crippen LogP contribution is -2.47. The Morgan fingerprint density at radius 3 is 2.47 bits per heavy atom. The van der Waals surface area contributed by atoms with Gasteiger partial charge in [-0.15, -0.1) is 0 Å². The van der Waals surface area contributed by atoms with Crippen molar-refractivity contribution in [3.05, 3.63) is 27.7 Å². The van der Waals surface area contributed by atoms with Crippen molar-refractivity contribution in [2.45, 2.75) is 43.8 Å². The number of benzene rings is 1. The summed E-state index contributed by atoms with van der Waals surface area (Å²) in [7, 11) is 0. The number of piperidine rings is 1. The van der Waals surface area contributed by atoms with Gasteiger partial charge in [-0.25, -0.2) is 0 Å². The summed E-state index contributed by atoms with van der Waals surface area (Å²) in [6.07, 6.45) is 4.71. The Bertz CT molecular complexity index is 423. The van der Waals surface area contributed by atoms with Gasteiger partial charge in [-0.3, -0.25) is 0 Å².